The second-order valence-corrected chi connectivity index (χ2v) is 7.45. The number of aromatic nitrogens is 2. The number of rotatable bonds is 6. The van der Waals surface area contributed by atoms with Crippen molar-refractivity contribution in [2.24, 2.45) is 11.7 Å². The van der Waals surface area contributed by atoms with Gasteiger partial charge in [0.15, 0.2) is 0 Å². The molecule has 4 rings (SSSR count). The smallest absolute Gasteiger partial charge is 0.267 e. The number of benzene rings is 1. The molecule has 1 atom stereocenters. The van der Waals surface area contributed by atoms with E-state index in [1.807, 2.05) is 0 Å². The molecule has 0 bridgehead atoms. The summed E-state index contributed by atoms with van der Waals surface area (Å²) in [7, 11) is 0. The predicted molar refractivity (Wildman–Crippen MR) is 112 cm³/mol. The molecule has 1 aromatic carbocycles. The number of carbonyl (C=O) groups is 1. The quantitative estimate of drug-likeness (QED) is 0.632. The van der Waals surface area contributed by atoms with Crippen LogP contribution in [0.15, 0.2) is 48.8 Å². The van der Waals surface area contributed by atoms with Crippen molar-refractivity contribution in [1.82, 2.24) is 15.3 Å². The van der Waals surface area contributed by atoms with Crippen LogP contribution in [0.25, 0.3) is 22.4 Å². The molecular weight excluding hydrogens is 402 g/mol. The minimum absolute atomic E-state index is 0.0379. The van der Waals surface area contributed by atoms with Gasteiger partial charge in [-0.3, -0.25) is 9.78 Å². The van der Waals surface area contributed by atoms with E-state index in [0.29, 0.717) is 29.4 Å². The summed E-state index contributed by atoms with van der Waals surface area (Å²) in [5, 5.41) is 3.35. The lowest BCUT2D eigenvalue weighted by Crippen LogP contribution is -2.33. The number of primary amides is 1. The third kappa shape index (κ3) is 4.54. The van der Waals surface area contributed by atoms with Gasteiger partial charge >= 0.3 is 0 Å². The number of hydrogen-bond acceptors (Lipinski definition) is 5. The van der Waals surface area contributed by atoms with Gasteiger partial charge in [-0.15, -0.1) is 0 Å². The largest absolute Gasteiger partial charge is 0.492 e. The van der Waals surface area contributed by atoms with Crippen molar-refractivity contribution in [1.29, 1.82) is 0 Å². The molecule has 1 aliphatic rings. The Morgan fingerprint density at radius 2 is 1.97 bits per heavy atom. The van der Waals surface area contributed by atoms with Gasteiger partial charge in [-0.05, 0) is 49.7 Å². The number of nitrogens with two attached hydrogens (primary N) is 1. The number of halogens is 2. The van der Waals surface area contributed by atoms with E-state index in [4.69, 9.17) is 10.5 Å². The molecule has 6 nitrogen and oxygen atoms in total. The number of ether oxygens (including phenoxy) is 1. The molecule has 3 aromatic rings. The Bertz CT molecular complexity index is 1080. The highest BCUT2D eigenvalue weighted by molar-refractivity contribution is 5.93. The van der Waals surface area contributed by atoms with Crippen molar-refractivity contribution in [3.63, 3.8) is 0 Å². The van der Waals surface area contributed by atoms with Crippen LogP contribution >= 0.6 is 0 Å². The molecule has 0 aliphatic carbocycles. The first-order valence-electron chi connectivity index (χ1n) is 10.1. The standard InChI is InChI=1S/C23H22F2N4O2/c24-17-4-1-5-18(25)21(17)22-15(6-7-19(29-22)23(26)30)16-12-28-10-8-20(16)31-13-14-3-2-9-27-11-14/h1,4-8,10,12,14,27H,2-3,9,11,13H2,(H2,26,30). The van der Waals surface area contributed by atoms with Crippen LogP contribution in [0.5, 0.6) is 5.75 Å². The van der Waals surface area contributed by atoms with E-state index in [0.717, 1.165) is 38.1 Å². The summed E-state index contributed by atoms with van der Waals surface area (Å²) in [6.07, 6.45) is 5.30. The summed E-state index contributed by atoms with van der Waals surface area (Å²) in [5.41, 5.74) is 5.79. The molecule has 1 saturated heterocycles. The molecule has 1 amide bonds. The first-order chi connectivity index (χ1) is 15.0. The van der Waals surface area contributed by atoms with Crippen LogP contribution in [-0.4, -0.2) is 35.6 Å². The van der Waals surface area contributed by atoms with Crippen LogP contribution in [0.4, 0.5) is 8.78 Å². The monoisotopic (exact) mass is 424 g/mol. The molecule has 1 fully saturated rings. The molecule has 0 saturated carbocycles. The van der Waals surface area contributed by atoms with E-state index in [1.165, 1.54) is 12.1 Å². The number of hydrogen-bond donors (Lipinski definition) is 2. The van der Waals surface area contributed by atoms with E-state index in [1.54, 1.807) is 24.5 Å². The minimum Gasteiger partial charge on any atom is -0.492 e. The lowest BCUT2D eigenvalue weighted by Gasteiger charge is -2.23. The summed E-state index contributed by atoms with van der Waals surface area (Å²) in [6, 6.07) is 8.22. The maximum atomic E-state index is 14.6. The van der Waals surface area contributed by atoms with Crippen molar-refractivity contribution < 1.29 is 18.3 Å². The van der Waals surface area contributed by atoms with Crippen LogP contribution in [0, 0.1) is 17.6 Å². The Kier molecular flexibility index (Phi) is 6.18. The average Bonchev–Trinajstić information content (AvgIpc) is 2.78. The maximum Gasteiger partial charge on any atom is 0.267 e. The van der Waals surface area contributed by atoms with Gasteiger partial charge in [0.1, 0.15) is 23.1 Å². The Hall–Kier alpha value is -3.39. The first-order valence-corrected chi connectivity index (χ1v) is 10.1. The summed E-state index contributed by atoms with van der Waals surface area (Å²) < 4.78 is 35.3. The van der Waals surface area contributed by atoms with Gasteiger partial charge in [0.25, 0.3) is 5.91 Å². The Labute approximate surface area is 178 Å². The average molecular weight is 424 g/mol. The summed E-state index contributed by atoms with van der Waals surface area (Å²) >= 11 is 0. The van der Waals surface area contributed by atoms with Crippen molar-refractivity contribution in [3.8, 4) is 28.1 Å². The number of nitrogens with one attached hydrogen (secondary N) is 1. The molecule has 160 valence electrons. The topological polar surface area (TPSA) is 90.1 Å². The molecule has 3 heterocycles. The van der Waals surface area contributed by atoms with Crippen LogP contribution < -0.4 is 15.8 Å². The first kappa shape index (κ1) is 20.9. The third-order valence-electron chi connectivity index (χ3n) is 5.29. The molecule has 1 unspecified atom stereocenters. The predicted octanol–water partition coefficient (Wildman–Crippen LogP) is 3.57. The van der Waals surface area contributed by atoms with Gasteiger partial charge in [0.05, 0.1) is 17.9 Å². The number of pyridine rings is 2. The van der Waals surface area contributed by atoms with Crippen molar-refractivity contribution in [2.75, 3.05) is 19.7 Å². The van der Waals surface area contributed by atoms with E-state index in [2.05, 4.69) is 15.3 Å². The summed E-state index contributed by atoms with van der Waals surface area (Å²) in [6.45, 7) is 2.38. The van der Waals surface area contributed by atoms with Crippen molar-refractivity contribution in [3.05, 3.63) is 66.1 Å². The molecule has 0 radical (unpaired) electrons. The zero-order valence-corrected chi connectivity index (χ0v) is 16.8. The molecule has 3 N–H and O–H groups in total. The lowest BCUT2D eigenvalue weighted by atomic mass is 9.98. The minimum atomic E-state index is -0.796. The van der Waals surface area contributed by atoms with Crippen molar-refractivity contribution in [2.45, 2.75) is 12.8 Å². The number of amides is 1. The number of carbonyl (C=O) groups excluding carboxylic acids is 1. The van der Waals surface area contributed by atoms with Gasteiger partial charge in [0, 0.05) is 36.0 Å². The van der Waals surface area contributed by atoms with E-state index in [9.17, 15) is 13.6 Å². The molecule has 1 aliphatic heterocycles. The molecule has 0 spiro atoms. The number of piperidine rings is 1. The van der Waals surface area contributed by atoms with Gasteiger partial charge in [-0.2, -0.15) is 0 Å². The van der Waals surface area contributed by atoms with Gasteiger partial charge < -0.3 is 15.8 Å². The van der Waals surface area contributed by atoms with Gasteiger partial charge in [-0.25, -0.2) is 13.8 Å². The summed E-state index contributed by atoms with van der Waals surface area (Å²) in [5.74, 6) is -1.50. The number of nitrogens with zero attached hydrogens (tertiary/aromatic N) is 2. The van der Waals surface area contributed by atoms with Crippen molar-refractivity contribution >= 4 is 5.91 Å². The highest BCUT2D eigenvalue weighted by atomic mass is 19.1. The van der Waals surface area contributed by atoms with Crippen LogP contribution in [-0.2, 0) is 0 Å². The Balaban J connectivity index is 1.79. The fraction of sp³-hybridized carbons (Fsp3) is 0.261. The fourth-order valence-corrected chi connectivity index (χ4v) is 3.71. The fourth-order valence-electron chi connectivity index (χ4n) is 3.71. The van der Waals surface area contributed by atoms with Crippen LogP contribution in [0.1, 0.15) is 23.3 Å². The third-order valence-corrected chi connectivity index (χ3v) is 5.29. The lowest BCUT2D eigenvalue weighted by molar-refractivity contribution is 0.0995. The van der Waals surface area contributed by atoms with Crippen LogP contribution in [0.3, 0.4) is 0 Å². The maximum absolute atomic E-state index is 14.6. The molecule has 2 aromatic heterocycles. The van der Waals surface area contributed by atoms with Gasteiger partial charge in [-0.1, -0.05) is 6.07 Å². The second-order valence-electron chi connectivity index (χ2n) is 7.45. The zero-order valence-electron chi connectivity index (χ0n) is 16.8. The second kappa shape index (κ2) is 9.18. The van der Waals surface area contributed by atoms with E-state index in [-0.39, 0.29) is 17.0 Å². The SMILES string of the molecule is NC(=O)c1ccc(-c2cnccc2OCC2CCCNC2)c(-c2c(F)cccc2F)n1. The Morgan fingerprint density at radius 3 is 2.68 bits per heavy atom. The van der Waals surface area contributed by atoms with Gasteiger partial charge in [0.2, 0.25) is 0 Å². The molecule has 31 heavy (non-hydrogen) atoms. The zero-order chi connectivity index (χ0) is 21.8. The van der Waals surface area contributed by atoms with Crippen LogP contribution in [0.2, 0.25) is 0 Å². The van der Waals surface area contributed by atoms with E-state index >= 15 is 0 Å². The highest BCUT2D eigenvalue weighted by Crippen LogP contribution is 2.38. The van der Waals surface area contributed by atoms with E-state index < -0.39 is 17.5 Å². The highest BCUT2D eigenvalue weighted by Gasteiger charge is 2.22. The molecular formula is C23H22F2N4O2. The summed E-state index contributed by atoms with van der Waals surface area (Å²) in [4.78, 5) is 20.0. The Morgan fingerprint density at radius 1 is 1.16 bits per heavy atom. The molecule has 8 heteroatoms. The normalized spacial score (nSPS) is 16.1.